The predicted molar refractivity (Wildman–Crippen MR) is 67.2 cm³/mol. The Hall–Kier alpha value is -2.37. The van der Waals surface area contributed by atoms with E-state index in [1.165, 1.54) is 0 Å². The minimum Gasteiger partial charge on any atom is -0.507 e. The lowest BCUT2D eigenvalue weighted by molar-refractivity contribution is 0.0947. The zero-order valence-corrected chi connectivity index (χ0v) is 10.6. The van der Waals surface area contributed by atoms with Crippen molar-refractivity contribution in [3.05, 3.63) is 47.0 Å². The maximum Gasteiger partial charge on any atom is 0.255 e. The predicted octanol–water partition coefficient (Wildman–Crippen LogP) is 1.50. The van der Waals surface area contributed by atoms with Crippen molar-refractivity contribution in [3.63, 3.8) is 0 Å². The molecule has 0 atom stereocenters. The Kier molecular flexibility index (Phi) is 3.50. The molecule has 0 aliphatic heterocycles. The summed E-state index contributed by atoms with van der Waals surface area (Å²) in [5.74, 6) is -1.34. The number of rotatable bonds is 3. The van der Waals surface area contributed by atoms with Crippen molar-refractivity contribution in [1.82, 2.24) is 15.1 Å². The number of aryl methyl sites for hydroxylation is 1. The van der Waals surface area contributed by atoms with E-state index in [0.29, 0.717) is 0 Å². The summed E-state index contributed by atoms with van der Waals surface area (Å²) in [5.41, 5.74) is 1.72. The van der Waals surface area contributed by atoms with Gasteiger partial charge in [-0.1, -0.05) is 0 Å². The van der Waals surface area contributed by atoms with Crippen molar-refractivity contribution >= 4 is 5.91 Å². The lowest BCUT2D eigenvalue weighted by Gasteiger charge is -2.06. The van der Waals surface area contributed by atoms with Gasteiger partial charge < -0.3 is 10.4 Å². The number of phenols is 1. The van der Waals surface area contributed by atoms with Crippen LogP contribution >= 0.6 is 0 Å². The van der Waals surface area contributed by atoms with Crippen molar-refractivity contribution in [2.45, 2.75) is 13.5 Å². The summed E-state index contributed by atoms with van der Waals surface area (Å²) >= 11 is 0. The Bertz CT molecular complexity index is 622. The molecule has 0 spiro atoms. The first kappa shape index (κ1) is 13.1. The van der Waals surface area contributed by atoms with Crippen LogP contribution in [0.15, 0.2) is 24.4 Å². The molecular weight excluding hydrogens is 249 g/mol. The van der Waals surface area contributed by atoms with Crippen LogP contribution in [0.2, 0.25) is 0 Å². The molecule has 1 heterocycles. The van der Waals surface area contributed by atoms with Gasteiger partial charge in [-0.15, -0.1) is 0 Å². The van der Waals surface area contributed by atoms with Gasteiger partial charge in [0.15, 0.2) is 0 Å². The summed E-state index contributed by atoms with van der Waals surface area (Å²) in [5, 5.41) is 16.2. The standard InChI is InChI=1S/C13H14FN3O2/c1-8-9(7-16-17(8)2)6-15-13(19)11-5-10(14)3-4-12(11)18/h3-5,7,18H,6H2,1-2H3,(H,15,19). The molecule has 1 amide bonds. The Morgan fingerprint density at radius 2 is 2.26 bits per heavy atom. The van der Waals surface area contributed by atoms with E-state index in [9.17, 15) is 14.3 Å². The Balaban J connectivity index is 2.09. The molecule has 0 aliphatic rings. The SMILES string of the molecule is Cc1c(CNC(=O)c2cc(F)ccc2O)cnn1C. The zero-order chi connectivity index (χ0) is 14.0. The third kappa shape index (κ3) is 2.73. The van der Waals surface area contributed by atoms with Crippen molar-refractivity contribution < 1.29 is 14.3 Å². The minimum absolute atomic E-state index is 0.0819. The topological polar surface area (TPSA) is 67.2 Å². The van der Waals surface area contributed by atoms with Gasteiger partial charge in [0.2, 0.25) is 0 Å². The number of nitrogens with one attached hydrogen (secondary N) is 1. The van der Waals surface area contributed by atoms with Crippen molar-refractivity contribution in [2.24, 2.45) is 7.05 Å². The quantitative estimate of drug-likeness (QED) is 0.882. The number of nitrogens with zero attached hydrogens (tertiary/aromatic N) is 2. The van der Waals surface area contributed by atoms with E-state index in [1.807, 2.05) is 6.92 Å². The Morgan fingerprint density at radius 1 is 1.53 bits per heavy atom. The van der Waals surface area contributed by atoms with E-state index >= 15 is 0 Å². The monoisotopic (exact) mass is 263 g/mol. The molecule has 6 heteroatoms. The molecule has 2 aromatic rings. The molecular formula is C13H14FN3O2. The van der Waals surface area contributed by atoms with Gasteiger partial charge in [0.1, 0.15) is 11.6 Å². The van der Waals surface area contributed by atoms with Crippen LogP contribution in [-0.2, 0) is 13.6 Å². The summed E-state index contributed by atoms with van der Waals surface area (Å²) < 4.78 is 14.7. The van der Waals surface area contributed by atoms with Crippen molar-refractivity contribution in [1.29, 1.82) is 0 Å². The number of amides is 1. The van der Waals surface area contributed by atoms with E-state index in [4.69, 9.17) is 0 Å². The second kappa shape index (κ2) is 5.09. The summed E-state index contributed by atoms with van der Waals surface area (Å²) in [6.45, 7) is 2.16. The Morgan fingerprint density at radius 3 is 2.89 bits per heavy atom. The summed E-state index contributed by atoms with van der Waals surface area (Å²) in [6.07, 6.45) is 1.65. The summed E-state index contributed by atoms with van der Waals surface area (Å²) in [6, 6.07) is 3.25. The maximum atomic E-state index is 13.0. The molecule has 0 bridgehead atoms. The molecule has 2 rings (SSSR count). The van der Waals surface area contributed by atoms with Crippen LogP contribution in [0.25, 0.3) is 0 Å². The number of carbonyl (C=O) groups is 1. The van der Waals surface area contributed by atoms with Crippen LogP contribution in [0.3, 0.4) is 0 Å². The van der Waals surface area contributed by atoms with Gasteiger partial charge in [0.05, 0.1) is 11.8 Å². The van der Waals surface area contributed by atoms with Crippen molar-refractivity contribution in [2.75, 3.05) is 0 Å². The van der Waals surface area contributed by atoms with Crippen LogP contribution in [0.1, 0.15) is 21.6 Å². The van der Waals surface area contributed by atoms with Gasteiger partial charge in [-0.25, -0.2) is 4.39 Å². The highest BCUT2D eigenvalue weighted by atomic mass is 19.1. The van der Waals surface area contributed by atoms with Gasteiger partial charge in [-0.05, 0) is 25.1 Å². The van der Waals surface area contributed by atoms with Gasteiger partial charge in [0, 0.05) is 24.8 Å². The minimum atomic E-state index is -0.569. The molecule has 0 aliphatic carbocycles. The number of phenolic OH excluding ortho intramolecular Hbond substituents is 1. The maximum absolute atomic E-state index is 13.0. The number of hydrogen-bond acceptors (Lipinski definition) is 3. The summed E-state index contributed by atoms with van der Waals surface area (Å²) in [7, 11) is 1.80. The van der Waals surface area contributed by atoms with Crippen LogP contribution in [0, 0.1) is 12.7 Å². The molecule has 100 valence electrons. The first-order valence-corrected chi connectivity index (χ1v) is 5.73. The van der Waals surface area contributed by atoms with E-state index in [0.717, 1.165) is 29.5 Å². The molecule has 0 radical (unpaired) electrons. The number of carbonyl (C=O) groups excluding carboxylic acids is 1. The smallest absolute Gasteiger partial charge is 0.255 e. The molecule has 1 aromatic heterocycles. The average Bonchev–Trinajstić information content (AvgIpc) is 2.70. The first-order chi connectivity index (χ1) is 8.99. The fourth-order valence-electron chi connectivity index (χ4n) is 1.68. The second-order valence-electron chi connectivity index (χ2n) is 4.22. The van der Waals surface area contributed by atoms with E-state index in [1.54, 1.807) is 17.9 Å². The number of benzene rings is 1. The Labute approximate surface area is 109 Å². The van der Waals surface area contributed by atoms with Crippen LogP contribution in [-0.4, -0.2) is 20.8 Å². The lowest BCUT2D eigenvalue weighted by Crippen LogP contribution is -2.23. The molecule has 2 N–H and O–H groups in total. The molecule has 0 saturated carbocycles. The van der Waals surface area contributed by atoms with Gasteiger partial charge >= 0.3 is 0 Å². The van der Waals surface area contributed by atoms with Crippen LogP contribution < -0.4 is 5.32 Å². The zero-order valence-electron chi connectivity index (χ0n) is 10.6. The van der Waals surface area contributed by atoms with Gasteiger partial charge in [0.25, 0.3) is 5.91 Å². The average molecular weight is 263 g/mol. The highest BCUT2D eigenvalue weighted by molar-refractivity contribution is 5.96. The van der Waals surface area contributed by atoms with Crippen molar-refractivity contribution in [3.8, 4) is 5.75 Å². The lowest BCUT2D eigenvalue weighted by atomic mass is 10.1. The largest absolute Gasteiger partial charge is 0.507 e. The molecule has 0 fully saturated rings. The number of halogens is 1. The number of aromatic hydroxyl groups is 1. The number of hydrogen-bond donors (Lipinski definition) is 2. The normalized spacial score (nSPS) is 10.5. The first-order valence-electron chi connectivity index (χ1n) is 5.73. The highest BCUT2D eigenvalue weighted by Gasteiger charge is 2.13. The fraction of sp³-hybridized carbons (Fsp3) is 0.231. The second-order valence-corrected chi connectivity index (χ2v) is 4.22. The highest BCUT2D eigenvalue weighted by Crippen LogP contribution is 2.17. The van der Waals surface area contributed by atoms with Crippen LogP contribution in [0.5, 0.6) is 5.75 Å². The molecule has 1 aromatic carbocycles. The molecule has 0 unspecified atom stereocenters. The molecule has 19 heavy (non-hydrogen) atoms. The third-order valence-electron chi connectivity index (χ3n) is 2.98. The van der Waals surface area contributed by atoms with E-state index in [-0.39, 0.29) is 17.9 Å². The molecule has 0 saturated heterocycles. The van der Waals surface area contributed by atoms with E-state index < -0.39 is 11.7 Å². The van der Waals surface area contributed by atoms with Gasteiger partial charge in [-0.2, -0.15) is 5.10 Å². The number of aromatic nitrogens is 2. The van der Waals surface area contributed by atoms with Gasteiger partial charge in [-0.3, -0.25) is 9.48 Å². The third-order valence-corrected chi connectivity index (χ3v) is 2.98. The van der Waals surface area contributed by atoms with Crippen LogP contribution in [0.4, 0.5) is 4.39 Å². The van der Waals surface area contributed by atoms with E-state index in [2.05, 4.69) is 10.4 Å². The summed E-state index contributed by atoms with van der Waals surface area (Å²) in [4.78, 5) is 11.8. The molecule has 5 nitrogen and oxygen atoms in total. The fourth-order valence-corrected chi connectivity index (χ4v) is 1.68.